The summed E-state index contributed by atoms with van der Waals surface area (Å²) in [5.41, 5.74) is 4.25. The second-order valence-electron chi connectivity index (χ2n) is 10.0. The highest BCUT2D eigenvalue weighted by molar-refractivity contribution is 5.41. The molecule has 1 aromatic heterocycles. The van der Waals surface area contributed by atoms with Crippen LogP contribution >= 0.6 is 0 Å². The molecule has 172 valence electrons. The fourth-order valence-corrected chi connectivity index (χ4v) is 5.32. The molecule has 2 fully saturated rings. The van der Waals surface area contributed by atoms with E-state index in [1.807, 2.05) is 6.20 Å². The predicted molar refractivity (Wildman–Crippen MR) is 126 cm³/mol. The Morgan fingerprint density at radius 3 is 2.69 bits per heavy atom. The Morgan fingerprint density at radius 2 is 1.97 bits per heavy atom. The van der Waals surface area contributed by atoms with Gasteiger partial charge in [0.1, 0.15) is 5.75 Å². The van der Waals surface area contributed by atoms with E-state index in [4.69, 9.17) is 14.5 Å². The van der Waals surface area contributed by atoms with Gasteiger partial charge in [-0.05, 0) is 38.6 Å². The summed E-state index contributed by atoms with van der Waals surface area (Å²) >= 11 is 0. The molecule has 1 atom stereocenters. The van der Waals surface area contributed by atoms with Gasteiger partial charge in [0.25, 0.3) is 0 Å². The largest absolute Gasteiger partial charge is 0.490 e. The predicted octanol–water partition coefficient (Wildman–Crippen LogP) is 2.89. The average molecular weight is 437 g/mol. The Hall–Kier alpha value is -1.99. The molecule has 6 heteroatoms. The number of fused-ring (bicyclic) bond motifs is 1. The summed E-state index contributed by atoms with van der Waals surface area (Å²) in [6.07, 6.45) is 5.52. The van der Waals surface area contributed by atoms with E-state index in [9.17, 15) is 0 Å². The third-order valence-electron chi connectivity index (χ3n) is 7.24. The monoisotopic (exact) mass is 436 g/mol. The molecular weight excluding hydrogens is 400 g/mol. The van der Waals surface area contributed by atoms with Crippen LogP contribution < -0.4 is 10.1 Å². The van der Waals surface area contributed by atoms with E-state index in [-0.39, 0.29) is 6.04 Å². The Kier molecular flexibility index (Phi) is 6.47. The summed E-state index contributed by atoms with van der Waals surface area (Å²) in [6.45, 7) is 6.50. The Morgan fingerprint density at radius 1 is 1.16 bits per heavy atom. The number of hydrogen-bond acceptors (Lipinski definition) is 6. The van der Waals surface area contributed by atoms with Crippen molar-refractivity contribution < 1.29 is 9.47 Å². The summed E-state index contributed by atoms with van der Waals surface area (Å²) in [5, 5.41) is 3.42. The first-order chi connectivity index (χ1) is 15.6. The molecule has 2 aliphatic heterocycles. The molecule has 32 heavy (non-hydrogen) atoms. The summed E-state index contributed by atoms with van der Waals surface area (Å²) < 4.78 is 12.8. The van der Waals surface area contributed by atoms with E-state index in [2.05, 4.69) is 65.6 Å². The van der Waals surface area contributed by atoms with Crippen LogP contribution in [0.4, 0.5) is 0 Å². The highest BCUT2D eigenvalue weighted by atomic mass is 16.5. The van der Waals surface area contributed by atoms with Crippen molar-refractivity contribution in [3.8, 4) is 5.75 Å². The molecule has 2 aromatic rings. The topological polar surface area (TPSA) is 49.9 Å². The number of hydrogen-bond donors (Lipinski definition) is 1. The number of aromatic nitrogens is 1. The zero-order valence-electron chi connectivity index (χ0n) is 19.4. The van der Waals surface area contributed by atoms with E-state index in [1.54, 1.807) is 0 Å². The van der Waals surface area contributed by atoms with E-state index in [0.29, 0.717) is 18.1 Å². The van der Waals surface area contributed by atoms with Crippen molar-refractivity contribution in [2.75, 3.05) is 53.5 Å². The van der Waals surface area contributed by atoms with Gasteiger partial charge >= 0.3 is 0 Å². The standard InChI is InChI=1S/C26H36N4O2/c1-29(2)12-13-31-17-23-25-22(9-11-30(23)16-20-6-4-3-5-7-20)28-10-8-24(25)32-21-14-26(15-21)18-27-19-26/h3-8,10,21,23,27H,9,11-19H2,1-2H3. The van der Waals surface area contributed by atoms with Crippen LogP contribution in [0.25, 0.3) is 0 Å². The first-order valence-electron chi connectivity index (χ1n) is 12.0. The highest BCUT2D eigenvalue weighted by Crippen LogP contribution is 2.47. The van der Waals surface area contributed by atoms with Crippen LogP contribution in [-0.4, -0.2) is 74.4 Å². The van der Waals surface area contributed by atoms with Crippen LogP contribution in [0.5, 0.6) is 5.75 Å². The fraction of sp³-hybridized carbons (Fsp3) is 0.577. The minimum absolute atomic E-state index is 0.157. The lowest BCUT2D eigenvalue weighted by atomic mass is 9.63. The molecule has 0 bridgehead atoms. The van der Waals surface area contributed by atoms with Crippen molar-refractivity contribution >= 4 is 0 Å². The zero-order valence-corrected chi connectivity index (χ0v) is 19.4. The minimum Gasteiger partial charge on any atom is -0.490 e. The van der Waals surface area contributed by atoms with Crippen molar-refractivity contribution in [1.82, 2.24) is 20.1 Å². The zero-order chi connectivity index (χ0) is 22.0. The van der Waals surface area contributed by atoms with Crippen molar-refractivity contribution in [2.24, 2.45) is 5.41 Å². The van der Waals surface area contributed by atoms with Gasteiger partial charge in [0.15, 0.2) is 0 Å². The van der Waals surface area contributed by atoms with Gasteiger partial charge in [0.05, 0.1) is 31.1 Å². The molecule has 1 unspecified atom stereocenters. The van der Waals surface area contributed by atoms with Crippen LogP contribution in [-0.2, 0) is 17.7 Å². The highest BCUT2D eigenvalue weighted by Gasteiger charge is 2.50. The number of benzene rings is 1. The van der Waals surface area contributed by atoms with Gasteiger partial charge in [-0.2, -0.15) is 0 Å². The molecule has 1 saturated heterocycles. The lowest BCUT2D eigenvalue weighted by molar-refractivity contribution is -0.0511. The molecule has 0 amide bonds. The fourth-order valence-electron chi connectivity index (χ4n) is 5.32. The second kappa shape index (κ2) is 9.48. The lowest BCUT2D eigenvalue weighted by Gasteiger charge is -2.54. The molecule has 3 heterocycles. The molecule has 5 rings (SSSR count). The number of nitrogens with zero attached hydrogens (tertiary/aromatic N) is 3. The molecule has 1 aliphatic carbocycles. The number of pyridine rings is 1. The molecule has 1 spiro atoms. The van der Waals surface area contributed by atoms with Crippen molar-refractivity contribution in [3.63, 3.8) is 0 Å². The smallest absolute Gasteiger partial charge is 0.127 e. The number of likely N-dealkylation sites (N-methyl/N-ethyl adjacent to an activating group) is 1. The number of nitrogens with one attached hydrogen (secondary N) is 1. The average Bonchev–Trinajstić information content (AvgIpc) is 2.73. The van der Waals surface area contributed by atoms with Gasteiger partial charge in [0.2, 0.25) is 0 Å². The molecular formula is C26H36N4O2. The van der Waals surface area contributed by atoms with Gasteiger partial charge in [-0.25, -0.2) is 0 Å². The first kappa shape index (κ1) is 21.8. The summed E-state index contributed by atoms with van der Waals surface area (Å²) in [7, 11) is 4.17. The maximum atomic E-state index is 6.59. The lowest BCUT2D eigenvalue weighted by Crippen LogP contribution is -2.62. The quantitative estimate of drug-likeness (QED) is 0.610. The van der Waals surface area contributed by atoms with Crippen molar-refractivity contribution in [1.29, 1.82) is 0 Å². The maximum absolute atomic E-state index is 6.59. The minimum atomic E-state index is 0.157. The Bertz CT molecular complexity index is 892. The van der Waals surface area contributed by atoms with Gasteiger partial charge in [-0.3, -0.25) is 9.88 Å². The number of rotatable bonds is 9. The molecule has 6 nitrogen and oxygen atoms in total. The molecule has 1 aromatic carbocycles. The normalized spacial score (nSPS) is 22.4. The molecule has 1 saturated carbocycles. The van der Waals surface area contributed by atoms with E-state index < -0.39 is 0 Å². The second-order valence-corrected chi connectivity index (χ2v) is 10.0. The summed E-state index contributed by atoms with van der Waals surface area (Å²) in [6, 6.07) is 13.0. The Labute approximate surface area is 191 Å². The molecule has 3 aliphatic rings. The van der Waals surface area contributed by atoms with Crippen LogP contribution in [0, 0.1) is 5.41 Å². The van der Waals surface area contributed by atoms with Crippen LogP contribution in [0.3, 0.4) is 0 Å². The van der Waals surface area contributed by atoms with Crippen molar-refractivity contribution in [3.05, 3.63) is 59.4 Å². The van der Waals surface area contributed by atoms with Crippen LogP contribution in [0.15, 0.2) is 42.6 Å². The SMILES string of the molecule is CN(C)CCOCC1c2c(OC3CC4(CNC4)C3)ccnc2CCN1Cc1ccccc1. The third kappa shape index (κ3) is 4.69. The number of ether oxygens (including phenoxy) is 2. The summed E-state index contributed by atoms with van der Waals surface area (Å²) in [4.78, 5) is 9.46. The van der Waals surface area contributed by atoms with Gasteiger partial charge in [0, 0.05) is 56.3 Å². The van der Waals surface area contributed by atoms with Crippen LogP contribution in [0.1, 0.15) is 35.7 Å². The summed E-state index contributed by atoms with van der Waals surface area (Å²) in [5.74, 6) is 1.01. The first-order valence-corrected chi connectivity index (χ1v) is 12.0. The van der Waals surface area contributed by atoms with Gasteiger partial charge < -0.3 is 19.7 Å². The van der Waals surface area contributed by atoms with Crippen molar-refractivity contribution in [2.45, 2.75) is 38.0 Å². The van der Waals surface area contributed by atoms with E-state index in [1.165, 1.54) is 16.8 Å². The molecule has 1 N–H and O–H groups in total. The maximum Gasteiger partial charge on any atom is 0.127 e. The van der Waals surface area contributed by atoms with Crippen LogP contribution in [0.2, 0.25) is 0 Å². The van der Waals surface area contributed by atoms with E-state index in [0.717, 1.165) is 64.3 Å². The van der Waals surface area contributed by atoms with Gasteiger partial charge in [-0.15, -0.1) is 0 Å². The third-order valence-corrected chi connectivity index (χ3v) is 7.24. The van der Waals surface area contributed by atoms with E-state index >= 15 is 0 Å². The van der Waals surface area contributed by atoms with Gasteiger partial charge in [-0.1, -0.05) is 30.3 Å². The Balaban J connectivity index is 1.35. The molecule has 0 radical (unpaired) electrons.